The Kier molecular flexibility index (Phi) is 6.38. The van der Waals surface area contributed by atoms with Crippen molar-refractivity contribution in [3.8, 4) is 33.8 Å². The Morgan fingerprint density at radius 2 is 1.56 bits per heavy atom. The van der Waals surface area contributed by atoms with E-state index in [9.17, 15) is 17.6 Å². The minimum Gasteiger partial charge on any atom is -0.456 e. The Morgan fingerprint density at radius 3 is 2.27 bits per heavy atom. The van der Waals surface area contributed by atoms with Crippen molar-refractivity contribution in [1.29, 1.82) is 0 Å². The van der Waals surface area contributed by atoms with Gasteiger partial charge in [-0.1, -0.05) is 36.4 Å². The Morgan fingerprint density at radius 1 is 0.829 bits per heavy atom. The molecule has 1 N–H and O–H groups in total. The number of benzene rings is 4. The number of carbonyl (C=O) groups is 1. The highest BCUT2D eigenvalue weighted by molar-refractivity contribution is 7.92. The molecule has 0 aliphatic carbocycles. The van der Waals surface area contributed by atoms with E-state index in [1.54, 1.807) is 12.1 Å². The summed E-state index contributed by atoms with van der Waals surface area (Å²) in [7, 11) is -0.686. The lowest BCUT2D eigenvalue weighted by atomic mass is 9.97. The van der Waals surface area contributed by atoms with Gasteiger partial charge < -0.3 is 14.2 Å². The molecule has 0 fully saturated rings. The third-order valence-corrected chi connectivity index (χ3v) is 8.28. The van der Waals surface area contributed by atoms with Crippen LogP contribution in [-0.4, -0.2) is 34.7 Å². The average molecular weight is 569 g/mol. The zero-order valence-corrected chi connectivity index (χ0v) is 23.3. The molecule has 6 rings (SSSR count). The van der Waals surface area contributed by atoms with Gasteiger partial charge in [0.1, 0.15) is 28.5 Å². The Balaban J connectivity index is 1.61. The fourth-order valence-electron chi connectivity index (χ4n) is 4.92. The van der Waals surface area contributed by atoms with Crippen LogP contribution in [0.5, 0.6) is 0 Å². The van der Waals surface area contributed by atoms with Crippen molar-refractivity contribution in [1.82, 2.24) is 5.32 Å². The lowest BCUT2D eigenvalue weighted by Crippen LogP contribution is -2.25. The lowest BCUT2D eigenvalue weighted by Gasteiger charge is -2.21. The van der Waals surface area contributed by atoms with Crippen molar-refractivity contribution in [2.75, 3.05) is 24.7 Å². The van der Waals surface area contributed by atoms with Crippen LogP contribution in [-0.2, 0) is 10.0 Å². The van der Waals surface area contributed by atoms with Gasteiger partial charge in [0, 0.05) is 47.6 Å². The molecule has 2 aromatic heterocycles. The summed E-state index contributed by atoms with van der Waals surface area (Å²) in [6.07, 6.45) is 1.12. The van der Waals surface area contributed by atoms with Crippen LogP contribution >= 0.6 is 0 Å². The molecule has 6 aromatic rings. The summed E-state index contributed by atoms with van der Waals surface area (Å²) in [5.74, 6) is 0.102. The third kappa shape index (κ3) is 4.74. The monoisotopic (exact) mass is 568 g/mol. The van der Waals surface area contributed by atoms with Crippen molar-refractivity contribution in [2.24, 2.45) is 0 Å². The van der Waals surface area contributed by atoms with Gasteiger partial charge in [0.15, 0.2) is 0 Å². The minimum absolute atomic E-state index is 0.250. The summed E-state index contributed by atoms with van der Waals surface area (Å²) in [5.41, 5.74) is 4.29. The summed E-state index contributed by atoms with van der Waals surface area (Å²) in [6, 6.07) is 26.2. The van der Waals surface area contributed by atoms with E-state index in [0.29, 0.717) is 39.1 Å². The van der Waals surface area contributed by atoms with E-state index in [2.05, 4.69) is 5.32 Å². The largest absolute Gasteiger partial charge is 0.456 e. The number of fused-ring (bicyclic) bond motifs is 2. The maximum Gasteiger partial charge on any atom is 0.255 e. The van der Waals surface area contributed by atoms with Crippen molar-refractivity contribution in [2.45, 2.75) is 0 Å². The first-order chi connectivity index (χ1) is 19.6. The minimum atomic E-state index is -3.66. The van der Waals surface area contributed by atoms with Gasteiger partial charge in [-0.15, -0.1) is 0 Å². The summed E-state index contributed by atoms with van der Waals surface area (Å²) in [5, 5.41) is 4.10. The first kappa shape index (κ1) is 26.3. The summed E-state index contributed by atoms with van der Waals surface area (Å²) < 4.78 is 52.5. The molecular formula is C32H25FN2O5S. The van der Waals surface area contributed by atoms with Crippen LogP contribution in [0.25, 0.3) is 55.7 Å². The Bertz CT molecular complexity index is 2030. The van der Waals surface area contributed by atoms with Crippen molar-refractivity contribution in [3.63, 3.8) is 0 Å². The topological polar surface area (TPSA) is 92.8 Å². The number of nitrogens with zero attached hydrogens (tertiary/aromatic N) is 1. The molecule has 0 aliphatic heterocycles. The second-order valence-corrected chi connectivity index (χ2v) is 11.7. The first-order valence-electron chi connectivity index (χ1n) is 12.8. The number of carbonyl (C=O) groups excluding carboxylic acids is 1. The zero-order valence-electron chi connectivity index (χ0n) is 22.4. The second kappa shape index (κ2) is 9.94. The van der Waals surface area contributed by atoms with E-state index < -0.39 is 21.7 Å². The maximum absolute atomic E-state index is 13.7. The normalized spacial score (nSPS) is 11.7. The molecule has 0 spiro atoms. The molecule has 4 aromatic carbocycles. The number of amides is 1. The lowest BCUT2D eigenvalue weighted by molar-refractivity contribution is 0.0964. The fraction of sp³-hybridized carbons (Fsp3) is 0.0938. The predicted octanol–water partition coefficient (Wildman–Crippen LogP) is 7.07. The molecule has 0 saturated heterocycles. The van der Waals surface area contributed by atoms with Gasteiger partial charge in [0.25, 0.3) is 5.91 Å². The summed E-state index contributed by atoms with van der Waals surface area (Å²) in [6.45, 7) is 0. The third-order valence-electron chi connectivity index (χ3n) is 7.09. The fourth-order valence-corrected chi connectivity index (χ4v) is 5.43. The molecule has 0 saturated carbocycles. The average Bonchev–Trinajstić information content (AvgIpc) is 3.57. The highest BCUT2D eigenvalue weighted by Gasteiger charge is 2.26. The SMILES string of the molecule is CNC(=O)c1c(-c2ccc(F)cc2)oc2cc(N(C)S(C)(=O)=O)c(-c3cccc(-c4cc5ccccc5o4)c3)cc12. The highest BCUT2D eigenvalue weighted by Crippen LogP contribution is 2.42. The predicted molar refractivity (Wildman–Crippen MR) is 159 cm³/mol. The second-order valence-electron chi connectivity index (χ2n) is 9.72. The van der Waals surface area contributed by atoms with E-state index in [4.69, 9.17) is 8.83 Å². The molecule has 9 heteroatoms. The molecule has 0 atom stereocenters. The number of hydrogen-bond donors (Lipinski definition) is 1. The van der Waals surface area contributed by atoms with Gasteiger partial charge >= 0.3 is 0 Å². The zero-order chi connectivity index (χ0) is 28.9. The van der Waals surface area contributed by atoms with Gasteiger partial charge in [-0.2, -0.15) is 0 Å². The summed E-state index contributed by atoms with van der Waals surface area (Å²) >= 11 is 0. The number of para-hydroxylation sites is 1. The van der Waals surface area contributed by atoms with Crippen LogP contribution in [0.15, 0.2) is 99.8 Å². The highest BCUT2D eigenvalue weighted by atomic mass is 32.2. The van der Waals surface area contributed by atoms with Crippen LogP contribution in [0.2, 0.25) is 0 Å². The van der Waals surface area contributed by atoms with Crippen LogP contribution in [0, 0.1) is 5.82 Å². The molecule has 0 radical (unpaired) electrons. The van der Waals surface area contributed by atoms with E-state index in [0.717, 1.165) is 22.8 Å². The van der Waals surface area contributed by atoms with Gasteiger partial charge in [-0.05, 0) is 54.1 Å². The van der Waals surface area contributed by atoms with Crippen molar-refractivity contribution in [3.05, 3.63) is 102 Å². The molecule has 1 amide bonds. The standard InChI is InChI=1S/C32H25FN2O5S/c1-34-32(36)30-25-17-24(20-8-6-9-21(15-20)28-16-22-7-4-5-10-27(22)39-28)26(35(2)41(3,37)38)18-29(25)40-31(30)19-11-13-23(33)14-12-19/h4-18H,1-3H3,(H,34,36). The van der Waals surface area contributed by atoms with Crippen molar-refractivity contribution >= 4 is 43.6 Å². The Hall–Kier alpha value is -4.89. The van der Waals surface area contributed by atoms with Crippen LogP contribution in [0.1, 0.15) is 10.4 Å². The van der Waals surface area contributed by atoms with Gasteiger partial charge in [-0.3, -0.25) is 9.10 Å². The molecule has 0 bridgehead atoms. The van der Waals surface area contributed by atoms with Crippen molar-refractivity contribution < 1.29 is 26.4 Å². The van der Waals surface area contributed by atoms with E-state index in [1.807, 2.05) is 54.6 Å². The number of nitrogens with one attached hydrogen (secondary N) is 1. The number of halogens is 1. The van der Waals surface area contributed by atoms with E-state index in [-0.39, 0.29) is 11.3 Å². The molecular weight excluding hydrogens is 543 g/mol. The molecule has 0 aliphatic rings. The van der Waals surface area contributed by atoms with Gasteiger partial charge in [-0.25, -0.2) is 12.8 Å². The number of furan rings is 2. The number of sulfonamides is 1. The molecule has 0 unspecified atom stereocenters. The summed E-state index contributed by atoms with van der Waals surface area (Å²) in [4.78, 5) is 13.1. The number of rotatable bonds is 6. The van der Waals surface area contributed by atoms with E-state index >= 15 is 0 Å². The number of anilines is 1. The Labute approximate surface area is 235 Å². The molecule has 206 valence electrons. The van der Waals surface area contributed by atoms with Crippen LogP contribution in [0.4, 0.5) is 10.1 Å². The molecule has 2 heterocycles. The molecule has 7 nitrogen and oxygen atoms in total. The quantitative estimate of drug-likeness (QED) is 0.232. The van der Waals surface area contributed by atoms with Crippen LogP contribution < -0.4 is 9.62 Å². The number of hydrogen-bond acceptors (Lipinski definition) is 5. The van der Waals surface area contributed by atoms with E-state index in [1.165, 1.54) is 42.7 Å². The van der Waals surface area contributed by atoms with Crippen LogP contribution in [0.3, 0.4) is 0 Å². The van der Waals surface area contributed by atoms with Gasteiger partial charge in [0.05, 0.1) is 17.5 Å². The molecule has 41 heavy (non-hydrogen) atoms. The van der Waals surface area contributed by atoms with Gasteiger partial charge in [0.2, 0.25) is 10.0 Å². The maximum atomic E-state index is 13.7. The first-order valence-corrected chi connectivity index (χ1v) is 14.6. The smallest absolute Gasteiger partial charge is 0.255 e.